The van der Waals surface area contributed by atoms with E-state index in [1.54, 1.807) is 0 Å². The summed E-state index contributed by atoms with van der Waals surface area (Å²) in [5, 5.41) is 0.468. The molecular formula is C15H16ClN5O. The van der Waals surface area contributed by atoms with E-state index in [1.165, 1.54) is 5.56 Å². The molecule has 0 bridgehead atoms. The van der Waals surface area contributed by atoms with E-state index in [0.29, 0.717) is 24.3 Å². The quantitative estimate of drug-likeness (QED) is 0.788. The van der Waals surface area contributed by atoms with E-state index >= 15 is 0 Å². The number of ether oxygens (including phenoxy) is 1. The van der Waals surface area contributed by atoms with Crippen molar-refractivity contribution in [3.05, 3.63) is 40.8 Å². The van der Waals surface area contributed by atoms with Crippen LogP contribution in [0.5, 0.6) is 0 Å². The third-order valence-electron chi connectivity index (χ3n) is 3.97. The average molecular weight is 318 g/mol. The number of morpholine rings is 1. The van der Waals surface area contributed by atoms with Gasteiger partial charge < -0.3 is 14.5 Å². The van der Waals surface area contributed by atoms with Gasteiger partial charge in [0.15, 0.2) is 0 Å². The minimum atomic E-state index is 0.468. The van der Waals surface area contributed by atoms with Gasteiger partial charge in [-0.3, -0.25) is 4.98 Å². The summed E-state index contributed by atoms with van der Waals surface area (Å²) in [4.78, 5) is 17.8. The van der Waals surface area contributed by atoms with Crippen molar-refractivity contribution in [2.75, 3.05) is 36.1 Å². The van der Waals surface area contributed by atoms with Crippen LogP contribution in [0.2, 0.25) is 5.15 Å². The molecule has 0 aliphatic carbocycles. The summed E-state index contributed by atoms with van der Waals surface area (Å²) >= 11 is 6.21. The molecule has 6 nitrogen and oxygen atoms in total. The first-order valence-electron chi connectivity index (χ1n) is 7.34. The summed E-state index contributed by atoms with van der Waals surface area (Å²) in [6.45, 7) is 4.54. The SMILES string of the molecule is Clc1cc(N2Cc3cccnc3C2)nc(N2CCOCC2)n1. The third kappa shape index (κ3) is 2.60. The van der Waals surface area contributed by atoms with Crippen LogP contribution >= 0.6 is 11.6 Å². The highest BCUT2D eigenvalue weighted by Gasteiger charge is 2.23. The van der Waals surface area contributed by atoms with Crippen molar-refractivity contribution >= 4 is 23.4 Å². The predicted octanol–water partition coefficient (Wildman–Crippen LogP) is 1.88. The minimum absolute atomic E-state index is 0.468. The van der Waals surface area contributed by atoms with Crippen molar-refractivity contribution in [2.45, 2.75) is 13.1 Å². The molecular weight excluding hydrogens is 302 g/mol. The number of hydrogen-bond acceptors (Lipinski definition) is 6. The average Bonchev–Trinajstić information content (AvgIpc) is 2.99. The maximum Gasteiger partial charge on any atom is 0.228 e. The van der Waals surface area contributed by atoms with E-state index in [0.717, 1.165) is 37.7 Å². The molecule has 7 heteroatoms. The van der Waals surface area contributed by atoms with Gasteiger partial charge in [-0.2, -0.15) is 4.98 Å². The first-order valence-corrected chi connectivity index (χ1v) is 7.72. The van der Waals surface area contributed by atoms with Crippen molar-refractivity contribution in [1.29, 1.82) is 0 Å². The molecule has 0 unspecified atom stereocenters. The fraction of sp³-hybridized carbons (Fsp3) is 0.400. The van der Waals surface area contributed by atoms with Gasteiger partial charge in [-0.25, -0.2) is 4.98 Å². The molecule has 1 fully saturated rings. The molecule has 1 saturated heterocycles. The molecule has 2 aliphatic heterocycles. The lowest BCUT2D eigenvalue weighted by atomic mass is 10.2. The van der Waals surface area contributed by atoms with Crippen LogP contribution in [0.4, 0.5) is 11.8 Å². The molecule has 114 valence electrons. The zero-order valence-electron chi connectivity index (χ0n) is 12.1. The molecule has 2 aromatic rings. The molecule has 0 atom stereocenters. The van der Waals surface area contributed by atoms with Crippen LogP contribution in [0.25, 0.3) is 0 Å². The number of halogens is 1. The third-order valence-corrected chi connectivity index (χ3v) is 4.17. The summed E-state index contributed by atoms with van der Waals surface area (Å²) in [6.07, 6.45) is 1.83. The van der Waals surface area contributed by atoms with Gasteiger partial charge in [-0.1, -0.05) is 17.7 Å². The molecule has 4 rings (SSSR count). The molecule has 0 saturated carbocycles. The Hall–Kier alpha value is -1.92. The topological polar surface area (TPSA) is 54.4 Å². The van der Waals surface area contributed by atoms with Gasteiger partial charge in [0.2, 0.25) is 5.95 Å². The molecule has 0 aromatic carbocycles. The highest BCUT2D eigenvalue weighted by Crippen LogP contribution is 2.28. The van der Waals surface area contributed by atoms with Gasteiger partial charge in [0, 0.05) is 31.9 Å². The second-order valence-electron chi connectivity index (χ2n) is 5.41. The summed E-state index contributed by atoms with van der Waals surface area (Å²) < 4.78 is 5.37. The highest BCUT2D eigenvalue weighted by molar-refractivity contribution is 6.29. The number of anilines is 2. The van der Waals surface area contributed by atoms with Crippen molar-refractivity contribution < 1.29 is 4.74 Å². The van der Waals surface area contributed by atoms with E-state index < -0.39 is 0 Å². The van der Waals surface area contributed by atoms with Crippen LogP contribution in [-0.2, 0) is 17.8 Å². The second-order valence-corrected chi connectivity index (χ2v) is 5.80. The second kappa shape index (κ2) is 5.70. The Balaban J connectivity index is 1.61. The monoisotopic (exact) mass is 317 g/mol. The van der Waals surface area contributed by atoms with Crippen LogP contribution in [0, 0.1) is 0 Å². The molecule has 0 amide bonds. The van der Waals surface area contributed by atoms with E-state index in [1.807, 2.05) is 18.3 Å². The number of aromatic nitrogens is 3. The molecule has 0 N–H and O–H groups in total. The van der Waals surface area contributed by atoms with Gasteiger partial charge in [0.1, 0.15) is 11.0 Å². The molecule has 2 aromatic heterocycles. The number of nitrogens with zero attached hydrogens (tertiary/aromatic N) is 5. The van der Waals surface area contributed by atoms with Crippen LogP contribution in [0.3, 0.4) is 0 Å². The summed E-state index contributed by atoms with van der Waals surface area (Å²) in [6, 6.07) is 5.89. The van der Waals surface area contributed by atoms with Crippen LogP contribution in [0.15, 0.2) is 24.4 Å². The summed E-state index contributed by atoms with van der Waals surface area (Å²) in [5.41, 5.74) is 2.34. The van der Waals surface area contributed by atoms with Crippen molar-refractivity contribution in [3.8, 4) is 0 Å². The van der Waals surface area contributed by atoms with Gasteiger partial charge in [-0.05, 0) is 11.6 Å². The lowest BCUT2D eigenvalue weighted by Gasteiger charge is -2.28. The van der Waals surface area contributed by atoms with Crippen molar-refractivity contribution in [1.82, 2.24) is 15.0 Å². The van der Waals surface area contributed by atoms with Crippen LogP contribution in [0.1, 0.15) is 11.3 Å². The Bertz CT molecular complexity index is 664. The zero-order chi connectivity index (χ0) is 14.9. The zero-order valence-corrected chi connectivity index (χ0v) is 12.8. The van der Waals surface area contributed by atoms with E-state index in [2.05, 4.69) is 25.8 Å². The van der Waals surface area contributed by atoms with Crippen LogP contribution < -0.4 is 9.80 Å². The van der Waals surface area contributed by atoms with Gasteiger partial charge in [0.05, 0.1) is 25.5 Å². The van der Waals surface area contributed by atoms with Crippen LogP contribution in [-0.4, -0.2) is 41.3 Å². The maximum absolute atomic E-state index is 6.21. The highest BCUT2D eigenvalue weighted by atomic mass is 35.5. The predicted molar refractivity (Wildman–Crippen MR) is 84.2 cm³/mol. The van der Waals surface area contributed by atoms with Gasteiger partial charge in [0.25, 0.3) is 0 Å². The molecule has 22 heavy (non-hydrogen) atoms. The van der Waals surface area contributed by atoms with Gasteiger partial charge >= 0.3 is 0 Å². The molecule has 0 radical (unpaired) electrons. The molecule has 2 aliphatic rings. The lowest BCUT2D eigenvalue weighted by molar-refractivity contribution is 0.122. The Morgan fingerprint density at radius 2 is 1.95 bits per heavy atom. The number of pyridine rings is 1. The molecule has 4 heterocycles. The lowest BCUT2D eigenvalue weighted by Crippen LogP contribution is -2.37. The fourth-order valence-electron chi connectivity index (χ4n) is 2.82. The molecule has 0 spiro atoms. The summed E-state index contributed by atoms with van der Waals surface area (Å²) in [5.74, 6) is 1.52. The standard InChI is InChI=1S/C15H16ClN5O/c16-13-8-14(19-15(18-13)20-4-6-22-7-5-20)21-9-11-2-1-3-17-12(11)10-21/h1-3,8H,4-7,9-10H2. The normalized spacial score (nSPS) is 17.7. The Labute approximate surface area is 133 Å². The minimum Gasteiger partial charge on any atom is -0.378 e. The van der Waals surface area contributed by atoms with Crippen molar-refractivity contribution in [2.24, 2.45) is 0 Å². The van der Waals surface area contributed by atoms with E-state index in [-0.39, 0.29) is 0 Å². The Morgan fingerprint density at radius 3 is 2.77 bits per heavy atom. The Kier molecular flexibility index (Phi) is 3.56. The Morgan fingerprint density at radius 1 is 1.09 bits per heavy atom. The fourth-order valence-corrected chi connectivity index (χ4v) is 3.00. The largest absolute Gasteiger partial charge is 0.378 e. The maximum atomic E-state index is 6.21. The van der Waals surface area contributed by atoms with E-state index in [4.69, 9.17) is 21.3 Å². The number of fused-ring (bicyclic) bond motifs is 1. The first-order chi connectivity index (χ1) is 10.8. The first kappa shape index (κ1) is 13.7. The van der Waals surface area contributed by atoms with Crippen molar-refractivity contribution in [3.63, 3.8) is 0 Å². The number of hydrogen-bond donors (Lipinski definition) is 0. The smallest absolute Gasteiger partial charge is 0.228 e. The van der Waals surface area contributed by atoms with Gasteiger partial charge in [-0.15, -0.1) is 0 Å². The summed E-state index contributed by atoms with van der Waals surface area (Å²) in [7, 11) is 0. The van der Waals surface area contributed by atoms with E-state index in [9.17, 15) is 0 Å². The number of rotatable bonds is 2.